The third-order valence-corrected chi connectivity index (χ3v) is 10.8. The van der Waals surface area contributed by atoms with E-state index in [0.29, 0.717) is 0 Å². The Labute approximate surface area is 307 Å². The summed E-state index contributed by atoms with van der Waals surface area (Å²) in [4.78, 5) is 4.81. The molecule has 52 heavy (non-hydrogen) atoms. The van der Waals surface area contributed by atoms with Crippen molar-refractivity contribution in [2.75, 3.05) is 9.80 Å². The van der Waals surface area contributed by atoms with E-state index >= 15 is 0 Å². The average molecular weight is 669 g/mol. The van der Waals surface area contributed by atoms with Gasteiger partial charge in [0.1, 0.15) is 0 Å². The maximum absolute atomic E-state index is 2.54. The third kappa shape index (κ3) is 5.27. The van der Waals surface area contributed by atoms with Gasteiger partial charge >= 0.3 is 0 Å². The molecule has 7 aromatic rings. The monoisotopic (exact) mass is 668 g/mol. The second-order valence-electron chi connectivity index (χ2n) is 13.8. The van der Waals surface area contributed by atoms with Crippen LogP contribution in [0, 0.1) is 5.92 Å². The number of benzene rings is 7. The van der Waals surface area contributed by atoms with E-state index in [2.05, 4.69) is 229 Å². The summed E-state index contributed by atoms with van der Waals surface area (Å²) in [5.41, 5.74) is 13.1. The van der Waals surface area contributed by atoms with Crippen LogP contribution in [-0.2, 0) is 5.41 Å². The lowest BCUT2D eigenvalue weighted by molar-refractivity contribution is 0.591. The molecule has 0 aliphatic heterocycles. The summed E-state index contributed by atoms with van der Waals surface area (Å²) in [6, 6.07) is 70.3. The number of para-hydroxylation sites is 4. The molecule has 0 aromatic heterocycles. The second-order valence-corrected chi connectivity index (χ2v) is 13.8. The quantitative estimate of drug-likeness (QED) is 0.159. The van der Waals surface area contributed by atoms with E-state index in [0.717, 1.165) is 17.1 Å². The van der Waals surface area contributed by atoms with Gasteiger partial charge in [0, 0.05) is 28.4 Å². The molecular formula is C50H40N2. The molecule has 0 heterocycles. The Kier molecular flexibility index (Phi) is 8.14. The van der Waals surface area contributed by atoms with Gasteiger partial charge in [-0.2, -0.15) is 0 Å². The number of fused-ring (bicyclic) bond motifs is 3. The molecule has 2 atom stereocenters. The van der Waals surface area contributed by atoms with Crippen LogP contribution in [0.3, 0.4) is 0 Å². The van der Waals surface area contributed by atoms with E-state index in [1.54, 1.807) is 0 Å². The first-order chi connectivity index (χ1) is 25.7. The van der Waals surface area contributed by atoms with Crippen LogP contribution in [-0.4, -0.2) is 6.04 Å². The lowest BCUT2D eigenvalue weighted by atomic mass is 9.65. The molecule has 2 unspecified atom stereocenters. The molecule has 0 bridgehead atoms. The maximum atomic E-state index is 2.54. The molecule has 0 saturated carbocycles. The molecule has 0 spiro atoms. The van der Waals surface area contributed by atoms with Crippen molar-refractivity contribution in [3.05, 3.63) is 235 Å². The largest absolute Gasteiger partial charge is 0.334 e. The molecule has 0 N–H and O–H groups in total. The van der Waals surface area contributed by atoms with Crippen molar-refractivity contribution in [1.82, 2.24) is 0 Å². The minimum absolute atomic E-state index is 0.144. The Morgan fingerprint density at radius 2 is 0.827 bits per heavy atom. The van der Waals surface area contributed by atoms with Gasteiger partial charge in [0.25, 0.3) is 0 Å². The summed E-state index contributed by atoms with van der Waals surface area (Å²) < 4.78 is 0. The van der Waals surface area contributed by atoms with E-state index in [-0.39, 0.29) is 12.0 Å². The first-order valence-electron chi connectivity index (χ1n) is 18.2. The summed E-state index contributed by atoms with van der Waals surface area (Å²) in [7, 11) is 0. The molecule has 9 rings (SSSR count). The van der Waals surface area contributed by atoms with E-state index in [9.17, 15) is 0 Å². The van der Waals surface area contributed by atoms with Crippen molar-refractivity contribution in [1.29, 1.82) is 0 Å². The van der Waals surface area contributed by atoms with Gasteiger partial charge in [-0.3, -0.25) is 0 Å². The van der Waals surface area contributed by atoms with Crippen molar-refractivity contribution in [3.8, 4) is 11.1 Å². The van der Waals surface area contributed by atoms with Crippen LogP contribution in [0.15, 0.2) is 218 Å². The highest BCUT2D eigenvalue weighted by atomic mass is 15.2. The van der Waals surface area contributed by atoms with Gasteiger partial charge in [-0.25, -0.2) is 0 Å². The lowest BCUT2D eigenvalue weighted by Gasteiger charge is -2.41. The first-order valence-corrected chi connectivity index (χ1v) is 18.2. The van der Waals surface area contributed by atoms with Crippen molar-refractivity contribution >= 4 is 28.4 Å². The highest BCUT2D eigenvalue weighted by Gasteiger charge is 2.47. The zero-order chi connectivity index (χ0) is 34.9. The Balaban J connectivity index is 1.20. The topological polar surface area (TPSA) is 6.48 Å². The van der Waals surface area contributed by atoms with Crippen LogP contribution in [0.5, 0.6) is 0 Å². The Bertz CT molecular complexity index is 2240. The molecule has 250 valence electrons. The van der Waals surface area contributed by atoms with Gasteiger partial charge in [-0.15, -0.1) is 0 Å². The Morgan fingerprint density at radius 1 is 0.423 bits per heavy atom. The van der Waals surface area contributed by atoms with Gasteiger partial charge in [-0.05, 0) is 100.0 Å². The van der Waals surface area contributed by atoms with Crippen molar-refractivity contribution in [2.24, 2.45) is 5.92 Å². The predicted octanol–water partition coefficient (Wildman–Crippen LogP) is 12.8. The van der Waals surface area contributed by atoms with Crippen LogP contribution in [0.25, 0.3) is 11.1 Å². The van der Waals surface area contributed by atoms with Crippen molar-refractivity contribution in [3.63, 3.8) is 0 Å². The summed E-state index contributed by atoms with van der Waals surface area (Å²) in [5, 5.41) is 0. The number of hydrogen-bond acceptors (Lipinski definition) is 2. The first kappa shape index (κ1) is 31.6. The van der Waals surface area contributed by atoms with E-state index in [1.165, 1.54) is 44.8 Å². The molecule has 0 fully saturated rings. The lowest BCUT2D eigenvalue weighted by Crippen LogP contribution is -2.38. The van der Waals surface area contributed by atoms with Crippen LogP contribution in [0.2, 0.25) is 0 Å². The Morgan fingerprint density at radius 3 is 1.29 bits per heavy atom. The average Bonchev–Trinajstić information content (AvgIpc) is 3.52. The molecule has 2 aliphatic carbocycles. The summed E-state index contributed by atoms with van der Waals surface area (Å²) in [5.74, 6) is 0.225. The minimum Gasteiger partial charge on any atom is -0.334 e. The highest BCUT2D eigenvalue weighted by Crippen LogP contribution is 2.57. The smallest absolute Gasteiger partial charge is 0.0710 e. The van der Waals surface area contributed by atoms with E-state index in [4.69, 9.17) is 0 Å². The van der Waals surface area contributed by atoms with Crippen LogP contribution < -0.4 is 9.80 Å². The fourth-order valence-electron chi connectivity index (χ4n) is 8.54. The SMILES string of the molecule is CC1C=C(C2(c3ccc(N(c4ccccc4)c4ccccc4)cc3)c3ccccc3-c3ccccc32)C=CC1N(c1ccccc1)c1ccccc1. The van der Waals surface area contributed by atoms with Crippen LogP contribution in [0.1, 0.15) is 23.6 Å². The van der Waals surface area contributed by atoms with E-state index in [1.807, 2.05) is 0 Å². The number of hydrogen-bond donors (Lipinski definition) is 0. The summed E-state index contributed by atoms with van der Waals surface area (Å²) >= 11 is 0. The van der Waals surface area contributed by atoms with Gasteiger partial charge < -0.3 is 9.80 Å². The molecule has 2 aliphatic rings. The van der Waals surface area contributed by atoms with Crippen LogP contribution >= 0.6 is 0 Å². The standard InChI is InChI=1S/C50H40N2/c1-37-36-39(32-35-49(37)52(42-22-10-4-11-23-42)43-24-12-5-13-25-43)50(47-28-16-14-26-45(47)46-27-15-17-29-48(46)50)38-30-33-44(34-31-38)51(40-18-6-2-7-19-40)41-20-8-3-9-21-41/h2-37,49H,1H3. The minimum atomic E-state index is -0.476. The molecular weight excluding hydrogens is 629 g/mol. The molecule has 2 nitrogen and oxygen atoms in total. The molecule has 0 radical (unpaired) electrons. The third-order valence-electron chi connectivity index (χ3n) is 10.8. The fourth-order valence-corrected chi connectivity index (χ4v) is 8.54. The fraction of sp³-hybridized carbons (Fsp3) is 0.0800. The second kappa shape index (κ2) is 13.4. The molecule has 0 saturated heterocycles. The number of anilines is 5. The maximum Gasteiger partial charge on any atom is 0.0710 e. The normalized spacial score (nSPS) is 16.8. The zero-order valence-electron chi connectivity index (χ0n) is 29.3. The highest BCUT2D eigenvalue weighted by molar-refractivity contribution is 5.87. The van der Waals surface area contributed by atoms with Crippen LogP contribution in [0.4, 0.5) is 28.4 Å². The number of rotatable bonds is 8. The molecule has 7 aromatic carbocycles. The zero-order valence-corrected chi connectivity index (χ0v) is 29.3. The molecule has 0 amide bonds. The summed E-state index contributed by atoms with van der Waals surface area (Å²) in [6.45, 7) is 2.37. The number of nitrogens with zero attached hydrogens (tertiary/aromatic N) is 2. The Hall–Kier alpha value is -6.38. The summed E-state index contributed by atoms with van der Waals surface area (Å²) in [6.07, 6.45) is 7.39. The molecule has 2 heteroatoms. The van der Waals surface area contributed by atoms with Gasteiger partial charge in [0.05, 0.1) is 11.5 Å². The van der Waals surface area contributed by atoms with Gasteiger partial charge in [0.15, 0.2) is 0 Å². The van der Waals surface area contributed by atoms with Crippen molar-refractivity contribution < 1.29 is 0 Å². The predicted molar refractivity (Wildman–Crippen MR) is 218 cm³/mol. The van der Waals surface area contributed by atoms with Crippen molar-refractivity contribution in [2.45, 2.75) is 18.4 Å². The van der Waals surface area contributed by atoms with E-state index < -0.39 is 5.41 Å². The number of allylic oxidation sites excluding steroid dienone is 2. The van der Waals surface area contributed by atoms with Gasteiger partial charge in [0.2, 0.25) is 0 Å². The van der Waals surface area contributed by atoms with Gasteiger partial charge in [-0.1, -0.05) is 159 Å².